The van der Waals surface area contributed by atoms with Gasteiger partial charge in [-0.1, -0.05) is 11.6 Å². The summed E-state index contributed by atoms with van der Waals surface area (Å²) in [7, 11) is 2.90. The summed E-state index contributed by atoms with van der Waals surface area (Å²) >= 11 is 5.91. The number of hydrogen-bond acceptors (Lipinski definition) is 3. The number of benzene rings is 1. The van der Waals surface area contributed by atoms with E-state index >= 15 is 0 Å². The smallest absolute Gasteiger partial charge is 0.325 e. The largest absolute Gasteiger partial charge is 0.468 e. The Morgan fingerprint density at radius 2 is 2.12 bits per heavy atom. The second-order valence-corrected chi connectivity index (χ2v) is 4.58. The maximum Gasteiger partial charge on any atom is 0.325 e. The highest BCUT2D eigenvalue weighted by molar-refractivity contribution is 6.31. The van der Waals surface area contributed by atoms with E-state index in [1.54, 1.807) is 32.2 Å². The van der Waals surface area contributed by atoms with Crippen molar-refractivity contribution in [3.8, 4) is 0 Å². The number of fused-ring (bicyclic) bond motifs is 1. The minimum Gasteiger partial charge on any atom is -0.468 e. The van der Waals surface area contributed by atoms with Gasteiger partial charge in [-0.15, -0.1) is 0 Å². The summed E-state index contributed by atoms with van der Waals surface area (Å²) in [5, 5.41) is 0.488. The highest BCUT2D eigenvalue weighted by Crippen LogP contribution is 2.42. The maximum atomic E-state index is 12.2. The van der Waals surface area contributed by atoms with Gasteiger partial charge in [0.05, 0.1) is 7.11 Å². The first kappa shape index (κ1) is 11.9. The molecule has 0 radical (unpaired) electrons. The summed E-state index contributed by atoms with van der Waals surface area (Å²) in [5.74, 6) is -0.878. The summed E-state index contributed by atoms with van der Waals surface area (Å²) in [4.78, 5) is 25.5. The summed E-state index contributed by atoms with van der Waals surface area (Å²) in [6.07, 6.45) is 0. The molecule has 0 unspecified atom stereocenters. The van der Waals surface area contributed by atoms with Crippen LogP contribution in [0.1, 0.15) is 12.5 Å². The first-order valence-electron chi connectivity index (χ1n) is 5.09. The first-order chi connectivity index (χ1) is 7.92. The molecule has 1 atom stereocenters. The van der Waals surface area contributed by atoms with Crippen LogP contribution in [0.15, 0.2) is 18.2 Å². The van der Waals surface area contributed by atoms with Crippen LogP contribution in [0.3, 0.4) is 0 Å². The number of carbonyl (C=O) groups is 2. The van der Waals surface area contributed by atoms with E-state index in [1.807, 2.05) is 0 Å². The highest BCUT2D eigenvalue weighted by atomic mass is 35.5. The van der Waals surface area contributed by atoms with Crippen molar-refractivity contribution in [3.05, 3.63) is 28.8 Å². The van der Waals surface area contributed by atoms with Gasteiger partial charge < -0.3 is 9.64 Å². The Morgan fingerprint density at radius 3 is 2.71 bits per heavy atom. The van der Waals surface area contributed by atoms with Crippen molar-refractivity contribution in [2.75, 3.05) is 19.1 Å². The molecule has 0 aromatic heterocycles. The maximum absolute atomic E-state index is 12.2. The lowest BCUT2D eigenvalue weighted by Crippen LogP contribution is -2.43. The number of rotatable bonds is 1. The highest BCUT2D eigenvalue weighted by Gasteiger charge is 2.52. The summed E-state index contributed by atoms with van der Waals surface area (Å²) < 4.78 is 4.72. The van der Waals surface area contributed by atoms with Crippen LogP contribution >= 0.6 is 11.6 Å². The number of carbonyl (C=O) groups excluding carboxylic acids is 2. The van der Waals surface area contributed by atoms with Crippen LogP contribution in [0.2, 0.25) is 5.02 Å². The van der Waals surface area contributed by atoms with Gasteiger partial charge in [-0.3, -0.25) is 9.59 Å². The Kier molecular flexibility index (Phi) is 2.62. The second kappa shape index (κ2) is 3.74. The van der Waals surface area contributed by atoms with Crippen molar-refractivity contribution >= 4 is 29.2 Å². The van der Waals surface area contributed by atoms with Crippen LogP contribution < -0.4 is 4.90 Å². The molecule has 1 aliphatic heterocycles. The van der Waals surface area contributed by atoms with Crippen molar-refractivity contribution in [2.45, 2.75) is 12.3 Å². The molecule has 4 nitrogen and oxygen atoms in total. The Bertz CT molecular complexity index is 514. The van der Waals surface area contributed by atoms with E-state index in [0.717, 1.165) is 0 Å². The Hall–Kier alpha value is -1.55. The molecule has 1 aliphatic rings. The Morgan fingerprint density at radius 1 is 1.47 bits per heavy atom. The summed E-state index contributed by atoms with van der Waals surface area (Å²) in [5.41, 5.74) is -0.0272. The molecule has 1 heterocycles. The fourth-order valence-corrected chi connectivity index (χ4v) is 2.33. The van der Waals surface area contributed by atoms with E-state index in [4.69, 9.17) is 16.3 Å². The Balaban J connectivity index is 2.69. The molecule has 0 saturated heterocycles. The molecule has 0 spiro atoms. The number of anilines is 1. The van der Waals surface area contributed by atoms with Crippen molar-refractivity contribution in [1.82, 2.24) is 0 Å². The average Bonchev–Trinajstić information content (AvgIpc) is 2.51. The van der Waals surface area contributed by atoms with Crippen molar-refractivity contribution in [1.29, 1.82) is 0 Å². The van der Waals surface area contributed by atoms with Gasteiger partial charge in [0.1, 0.15) is 0 Å². The molecular weight excluding hydrogens is 242 g/mol. The van der Waals surface area contributed by atoms with Crippen LogP contribution in [0.4, 0.5) is 5.69 Å². The van der Waals surface area contributed by atoms with Gasteiger partial charge in [0.15, 0.2) is 5.41 Å². The fourth-order valence-electron chi connectivity index (χ4n) is 2.16. The molecule has 5 heteroatoms. The topological polar surface area (TPSA) is 46.6 Å². The number of likely N-dealkylation sites (N-methyl/N-ethyl adjacent to an activating group) is 1. The molecule has 0 N–H and O–H groups in total. The summed E-state index contributed by atoms with van der Waals surface area (Å²) in [6.45, 7) is 1.56. The minimum absolute atomic E-state index is 0.304. The Labute approximate surface area is 104 Å². The quantitative estimate of drug-likeness (QED) is 0.566. The van der Waals surface area contributed by atoms with E-state index in [1.165, 1.54) is 12.0 Å². The van der Waals surface area contributed by atoms with E-state index in [2.05, 4.69) is 0 Å². The van der Waals surface area contributed by atoms with E-state index in [-0.39, 0.29) is 5.91 Å². The fraction of sp³-hybridized carbons (Fsp3) is 0.333. The molecule has 17 heavy (non-hydrogen) atoms. The molecule has 0 bridgehead atoms. The van der Waals surface area contributed by atoms with E-state index in [9.17, 15) is 9.59 Å². The van der Waals surface area contributed by atoms with Gasteiger partial charge >= 0.3 is 5.97 Å². The molecular formula is C12H12ClNO3. The molecule has 1 amide bonds. The number of esters is 1. The van der Waals surface area contributed by atoms with Crippen LogP contribution in [-0.2, 0) is 19.7 Å². The molecule has 0 saturated carbocycles. The standard InChI is InChI=1S/C12H12ClNO3/c1-12(11(16)17-3)8-6-7(13)4-5-9(8)14(2)10(12)15/h4-6H,1-3H3/t12-/m0/s1. The molecule has 1 aromatic rings. The van der Waals surface area contributed by atoms with Gasteiger partial charge in [-0.25, -0.2) is 0 Å². The summed E-state index contributed by atoms with van der Waals surface area (Å²) in [6, 6.07) is 5.05. The van der Waals surface area contributed by atoms with Crippen LogP contribution in [0, 0.1) is 0 Å². The number of amides is 1. The van der Waals surface area contributed by atoms with Gasteiger partial charge in [0.2, 0.25) is 5.91 Å². The third-order valence-corrected chi connectivity index (χ3v) is 3.42. The van der Waals surface area contributed by atoms with Gasteiger partial charge in [0, 0.05) is 23.3 Å². The zero-order valence-corrected chi connectivity index (χ0v) is 10.5. The molecule has 0 fully saturated rings. The lowest BCUT2D eigenvalue weighted by atomic mass is 9.84. The van der Waals surface area contributed by atoms with E-state index in [0.29, 0.717) is 16.3 Å². The third-order valence-electron chi connectivity index (χ3n) is 3.18. The van der Waals surface area contributed by atoms with Crippen molar-refractivity contribution in [2.24, 2.45) is 0 Å². The van der Waals surface area contributed by atoms with E-state index < -0.39 is 11.4 Å². The normalized spacial score (nSPS) is 22.6. The average molecular weight is 254 g/mol. The number of halogens is 1. The van der Waals surface area contributed by atoms with Gasteiger partial charge in [-0.2, -0.15) is 0 Å². The van der Waals surface area contributed by atoms with Crippen LogP contribution in [0.25, 0.3) is 0 Å². The molecule has 1 aromatic carbocycles. The lowest BCUT2D eigenvalue weighted by molar-refractivity contribution is -0.150. The zero-order valence-electron chi connectivity index (χ0n) is 9.78. The van der Waals surface area contributed by atoms with Gasteiger partial charge in [0.25, 0.3) is 0 Å². The second-order valence-electron chi connectivity index (χ2n) is 4.14. The minimum atomic E-state index is -1.30. The molecule has 0 aliphatic carbocycles. The SMILES string of the molecule is COC(=O)[C@]1(C)C(=O)N(C)c2ccc(Cl)cc21. The predicted molar refractivity (Wildman–Crippen MR) is 64.2 cm³/mol. The number of methoxy groups -OCH3 is 1. The van der Waals surface area contributed by atoms with Gasteiger partial charge in [-0.05, 0) is 25.1 Å². The number of hydrogen-bond donors (Lipinski definition) is 0. The van der Waals surface area contributed by atoms with Crippen molar-refractivity contribution < 1.29 is 14.3 Å². The molecule has 90 valence electrons. The van der Waals surface area contributed by atoms with Crippen molar-refractivity contribution in [3.63, 3.8) is 0 Å². The predicted octanol–water partition coefficient (Wildman–Crippen LogP) is 1.75. The van der Waals surface area contributed by atoms with Crippen LogP contribution in [0.5, 0.6) is 0 Å². The first-order valence-corrected chi connectivity index (χ1v) is 5.47. The molecule has 2 rings (SSSR count). The number of ether oxygens (including phenoxy) is 1. The monoisotopic (exact) mass is 253 g/mol. The lowest BCUT2D eigenvalue weighted by Gasteiger charge is -2.19. The zero-order chi connectivity index (χ0) is 12.8. The number of nitrogens with zero attached hydrogens (tertiary/aromatic N) is 1. The third kappa shape index (κ3) is 1.44. The van der Waals surface area contributed by atoms with Crippen LogP contribution in [-0.4, -0.2) is 26.0 Å².